The molecule has 1 fully saturated rings. The van der Waals surface area contributed by atoms with E-state index < -0.39 is 11.9 Å². The Hall–Kier alpha value is -4.35. The lowest BCUT2D eigenvalue weighted by Crippen LogP contribution is -2.52. The number of aryl methyl sites for hydroxylation is 2. The molecule has 12 heteroatoms. The fraction of sp³-hybridized carbons (Fsp3) is 0.375. The first-order chi connectivity index (χ1) is 17.4. The van der Waals surface area contributed by atoms with Gasteiger partial charge in [0.25, 0.3) is 11.8 Å². The maximum Gasteiger partial charge on any atom is 0.276 e. The van der Waals surface area contributed by atoms with Crippen LogP contribution in [0.4, 0.5) is 0 Å². The van der Waals surface area contributed by atoms with Crippen LogP contribution in [-0.4, -0.2) is 70.8 Å². The Morgan fingerprint density at radius 1 is 1.11 bits per heavy atom. The largest absolute Gasteiger partial charge is 0.331 e. The molecule has 1 saturated heterocycles. The first-order valence-corrected chi connectivity index (χ1v) is 11.9. The van der Waals surface area contributed by atoms with Gasteiger partial charge in [-0.2, -0.15) is 5.10 Å². The number of aromatic nitrogens is 5. The highest BCUT2D eigenvalue weighted by Crippen LogP contribution is 2.29. The molecule has 1 N–H and O–H groups in total. The van der Waals surface area contributed by atoms with Crippen LogP contribution in [0.15, 0.2) is 30.6 Å². The van der Waals surface area contributed by atoms with E-state index in [1.807, 2.05) is 24.0 Å². The number of hydrogen-bond donors (Lipinski definition) is 1. The lowest BCUT2D eigenvalue weighted by Gasteiger charge is -2.29. The average molecular weight is 489 g/mol. The highest BCUT2D eigenvalue weighted by atomic mass is 16.2. The molecule has 1 aromatic carbocycles. The Morgan fingerprint density at radius 3 is 2.81 bits per heavy atom. The number of fused-ring (bicyclic) bond motifs is 2. The number of amides is 4. The number of nitrogens with zero attached hydrogens (tertiary/aromatic N) is 7. The van der Waals surface area contributed by atoms with Crippen LogP contribution >= 0.6 is 0 Å². The van der Waals surface area contributed by atoms with Crippen LogP contribution in [0.3, 0.4) is 0 Å². The summed E-state index contributed by atoms with van der Waals surface area (Å²) in [5, 5.41) is 14.9. The van der Waals surface area contributed by atoms with Crippen LogP contribution in [0.2, 0.25) is 0 Å². The van der Waals surface area contributed by atoms with E-state index in [1.165, 1.54) is 9.58 Å². The van der Waals surface area contributed by atoms with Crippen molar-refractivity contribution in [2.45, 2.75) is 44.8 Å². The van der Waals surface area contributed by atoms with Gasteiger partial charge in [0.05, 0.1) is 30.3 Å². The second kappa shape index (κ2) is 8.40. The topological polar surface area (TPSA) is 135 Å². The third-order valence-electron chi connectivity index (χ3n) is 7.13. The molecule has 5 heterocycles. The fourth-order valence-corrected chi connectivity index (χ4v) is 5.17. The molecule has 12 nitrogen and oxygen atoms in total. The second-order valence-electron chi connectivity index (χ2n) is 9.36. The van der Waals surface area contributed by atoms with Crippen molar-refractivity contribution in [1.29, 1.82) is 0 Å². The van der Waals surface area contributed by atoms with E-state index in [2.05, 4.69) is 20.7 Å². The van der Waals surface area contributed by atoms with Crippen molar-refractivity contribution in [2.75, 3.05) is 6.54 Å². The van der Waals surface area contributed by atoms with E-state index in [4.69, 9.17) is 0 Å². The molecule has 184 valence electrons. The summed E-state index contributed by atoms with van der Waals surface area (Å²) in [6.45, 7) is 1.35. The van der Waals surface area contributed by atoms with Gasteiger partial charge >= 0.3 is 0 Å². The van der Waals surface area contributed by atoms with Gasteiger partial charge in [-0.25, -0.2) is 4.68 Å². The molecule has 3 aliphatic heterocycles. The van der Waals surface area contributed by atoms with Crippen LogP contribution in [0.25, 0.3) is 5.69 Å². The number of hydrogen-bond acceptors (Lipinski definition) is 7. The zero-order chi connectivity index (χ0) is 25.0. The monoisotopic (exact) mass is 488 g/mol. The number of benzene rings is 1. The predicted octanol–water partition coefficient (Wildman–Crippen LogP) is 0.350. The molecule has 0 bridgehead atoms. The Labute approximate surface area is 205 Å². The molecular formula is C24H24N8O4. The SMILES string of the molecule is Cn1ncc2c1CN(C(=O)c1cn(-c3ccc4c(c3)CN(C3CCC(=O)NC3=O)C4=O)nn1)CCC2. The van der Waals surface area contributed by atoms with Gasteiger partial charge in [0.1, 0.15) is 6.04 Å². The van der Waals surface area contributed by atoms with Crippen molar-refractivity contribution in [2.24, 2.45) is 7.05 Å². The molecule has 6 rings (SSSR count). The van der Waals surface area contributed by atoms with Crippen LogP contribution < -0.4 is 5.32 Å². The maximum atomic E-state index is 13.2. The summed E-state index contributed by atoms with van der Waals surface area (Å²) in [4.78, 5) is 53.2. The molecule has 1 unspecified atom stereocenters. The van der Waals surface area contributed by atoms with Crippen LogP contribution in [-0.2, 0) is 36.1 Å². The Kier molecular flexibility index (Phi) is 5.16. The molecule has 2 aromatic heterocycles. The number of nitrogens with one attached hydrogen (secondary N) is 1. The lowest BCUT2D eigenvalue weighted by molar-refractivity contribution is -0.136. The minimum absolute atomic E-state index is 0.198. The third kappa shape index (κ3) is 3.65. The van der Waals surface area contributed by atoms with E-state index in [-0.39, 0.29) is 36.4 Å². The van der Waals surface area contributed by atoms with Crippen molar-refractivity contribution >= 4 is 23.6 Å². The average Bonchev–Trinajstić information content (AvgIpc) is 3.52. The van der Waals surface area contributed by atoms with E-state index in [1.54, 1.807) is 23.2 Å². The number of imide groups is 1. The molecule has 1 atom stereocenters. The van der Waals surface area contributed by atoms with Crippen molar-refractivity contribution < 1.29 is 19.2 Å². The smallest absolute Gasteiger partial charge is 0.276 e. The molecule has 4 amide bonds. The van der Waals surface area contributed by atoms with Gasteiger partial charge in [-0.3, -0.25) is 29.2 Å². The van der Waals surface area contributed by atoms with Gasteiger partial charge in [0, 0.05) is 32.1 Å². The summed E-state index contributed by atoms with van der Waals surface area (Å²) in [7, 11) is 1.88. The number of piperidine rings is 1. The second-order valence-corrected chi connectivity index (χ2v) is 9.36. The van der Waals surface area contributed by atoms with Crippen LogP contribution in [0, 0.1) is 0 Å². The molecule has 3 aliphatic rings. The zero-order valence-corrected chi connectivity index (χ0v) is 19.7. The standard InChI is InChI=1S/C24H24N8O4/c1-29-20-13-30(8-2-3-14(20)10-25-29)24(36)18-12-32(28-27-18)16-4-5-17-15(9-16)11-31(23(17)35)19-6-7-21(33)26-22(19)34/h4-5,9-10,12,19H,2-3,6-8,11,13H2,1H3,(H,26,33,34). The molecular weight excluding hydrogens is 464 g/mol. The lowest BCUT2D eigenvalue weighted by atomic mass is 10.0. The number of carbonyl (C=O) groups excluding carboxylic acids is 4. The van der Waals surface area contributed by atoms with Crippen LogP contribution in [0.5, 0.6) is 0 Å². The van der Waals surface area contributed by atoms with Crippen molar-refractivity contribution in [3.05, 3.63) is 58.7 Å². The van der Waals surface area contributed by atoms with Gasteiger partial charge < -0.3 is 9.80 Å². The summed E-state index contributed by atoms with van der Waals surface area (Å²) in [6.07, 6.45) is 5.69. The van der Waals surface area contributed by atoms with Crippen molar-refractivity contribution in [3.8, 4) is 5.69 Å². The quantitative estimate of drug-likeness (QED) is 0.526. The fourth-order valence-electron chi connectivity index (χ4n) is 5.17. The highest BCUT2D eigenvalue weighted by molar-refractivity contribution is 6.05. The normalized spacial score (nSPS) is 19.7. The summed E-state index contributed by atoms with van der Waals surface area (Å²) in [5.74, 6) is -1.20. The minimum atomic E-state index is -0.671. The zero-order valence-electron chi connectivity index (χ0n) is 19.7. The minimum Gasteiger partial charge on any atom is -0.331 e. The molecule has 3 aromatic rings. The molecule has 0 saturated carbocycles. The first-order valence-electron chi connectivity index (χ1n) is 11.9. The van der Waals surface area contributed by atoms with Gasteiger partial charge in [0.2, 0.25) is 11.8 Å². The third-order valence-corrected chi connectivity index (χ3v) is 7.13. The summed E-state index contributed by atoms with van der Waals surface area (Å²) >= 11 is 0. The number of rotatable bonds is 3. The summed E-state index contributed by atoms with van der Waals surface area (Å²) in [5.41, 5.74) is 4.34. The van der Waals surface area contributed by atoms with E-state index >= 15 is 0 Å². The Balaban J connectivity index is 1.20. The highest BCUT2D eigenvalue weighted by Gasteiger charge is 2.39. The Bertz CT molecular complexity index is 1420. The summed E-state index contributed by atoms with van der Waals surface area (Å²) in [6, 6.07) is 4.58. The van der Waals surface area contributed by atoms with Gasteiger partial charge in [-0.1, -0.05) is 5.21 Å². The predicted molar refractivity (Wildman–Crippen MR) is 124 cm³/mol. The molecule has 0 aliphatic carbocycles. The van der Waals surface area contributed by atoms with Crippen molar-refractivity contribution in [3.63, 3.8) is 0 Å². The van der Waals surface area contributed by atoms with E-state index in [0.29, 0.717) is 30.8 Å². The molecule has 0 spiro atoms. The van der Waals surface area contributed by atoms with E-state index in [9.17, 15) is 19.2 Å². The van der Waals surface area contributed by atoms with Gasteiger partial charge in [-0.05, 0) is 48.6 Å². The number of carbonyl (C=O) groups is 4. The first kappa shape index (κ1) is 22.1. The maximum absolute atomic E-state index is 13.2. The Morgan fingerprint density at radius 2 is 1.97 bits per heavy atom. The van der Waals surface area contributed by atoms with E-state index in [0.717, 1.165) is 29.7 Å². The van der Waals surface area contributed by atoms with Gasteiger partial charge in [-0.15, -0.1) is 5.10 Å². The van der Waals surface area contributed by atoms with Crippen molar-refractivity contribution in [1.82, 2.24) is 39.9 Å². The molecule has 0 radical (unpaired) electrons. The van der Waals surface area contributed by atoms with Gasteiger partial charge in [0.15, 0.2) is 5.69 Å². The summed E-state index contributed by atoms with van der Waals surface area (Å²) < 4.78 is 3.32. The van der Waals surface area contributed by atoms with Crippen LogP contribution in [0.1, 0.15) is 56.9 Å². The molecule has 36 heavy (non-hydrogen) atoms.